The fraction of sp³-hybridized carbons (Fsp3) is 0.130. The van der Waals surface area contributed by atoms with Gasteiger partial charge in [0.2, 0.25) is 0 Å². The highest BCUT2D eigenvalue weighted by molar-refractivity contribution is 5.77. The molecule has 0 amide bonds. The van der Waals surface area contributed by atoms with Gasteiger partial charge in [-0.15, -0.1) is 0 Å². The van der Waals surface area contributed by atoms with Gasteiger partial charge in [0.1, 0.15) is 0 Å². The summed E-state index contributed by atoms with van der Waals surface area (Å²) in [6.07, 6.45) is 0.547. The molecule has 0 atom stereocenters. The number of non-ortho nitro benzene ring substituents is 1. The van der Waals surface area contributed by atoms with Crippen LogP contribution < -0.4 is 11.2 Å². The standard InChI is InChI=1S/C23H19N3O4/c27-22-20-11-4-5-12-21(20)25(16-18-9-6-10-19(15-18)26(29)30)23(28)24(22)14-13-17-7-2-1-3-8-17/h1-12,15H,13-14,16H2. The number of rotatable bonds is 6. The van der Waals surface area contributed by atoms with Gasteiger partial charge in [-0.2, -0.15) is 0 Å². The van der Waals surface area contributed by atoms with Crippen molar-refractivity contribution < 1.29 is 4.92 Å². The monoisotopic (exact) mass is 401 g/mol. The number of benzene rings is 3. The Morgan fingerprint density at radius 1 is 0.800 bits per heavy atom. The van der Waals surface area contributed by atoms with Gasteiger partial charge in [0.25, 0.3) is 11.2 Å². The topological polar surface area (TPSA) is 87.1 Å². The molecule has 0 aliphatic rings. The van der Waals surface area contributed by atoms with Crippen molar-refractivity contribution in [2.75, 3.05) is 0 Å². The Hall–Kier alpha value is -4.00. The van der Waals surface area contributed by atoms with Crippen LogP contribution in [-0.4, -0.2) is 14.1 Å². The van der Waals surface area contributed by atoms with Crippen LogP contribution in [0.1, 0.15) is 11.1 Å². The molecule has 0 saturated heterocycles. The summed E-state index contributed by atoms with van der Waals surface area (Å²) < 4.78 is 2.74. The summed E-state index contributed by atoms with van der Waals surface area (Å²) in [5.41, 5.74) is 1.35. The predicted molar refractivity (Wildman–Crippen MR) is 115 cm³/mol. The third-order valence-corrected chi connectivity index (χ3v) is 5.06. The lowest BCUT2D eigenvalue weighted by Crippen LogP contribution is -2.40. The smallest absolute Gasteiger partial charge is 0.289 e. The van der Waals surface area contributed by atoms with Crippen molar-refractivity contribution in [2.45, 2.75) is 19.5 Å². The summed E-state index contributed by atoms with van der Waals surface area (Å²) in [6, 6.07) is 22.8. The molecule has 0 spiro atoms. The summed E-state index contributed by atoms with van der Waals surface area (Å²) in [4.78, 5) is 36.8. The molecule has 1 aromatic heterocycles. The Bertz CT molecular complexity index is 1340. The van der Waals surface area contributed by atoms with Gasteiger partial charge in [-0.05, 0) is 29.7 Å². The second-order valence-electron chi connectivity index (χ2n) is 7.01. The average Bonchev–Trinajstić information content (AvgIpc) is 2.77. The van der Waals surface area contributed by atoms with E-state index in [-0.39, 0.29) is 24.3 Å². The van der Waals surface area contributed by atoms with Crippen LogP contribution in [0.25, 0.3) is 10.9 Å². The van der Waals surface area contributed by atoms with E-state index in [4.69, 9.17) is 0 Å². The molecule has 7 heteroatoms. The van der Waals surface area contributed by atoms with E-state index in [0.29, 0.717) is 22.9 Å². The number of nitrogens with zero attached hydrogens (tertiary/aromatic N) is 3. The molecule has 3 aromatic carbocycles. The molecular weight excluding hydrogens is 382 g/mol. The maximum absolute atomic E-state index is 13.2. The molecule has 7 nitrogen and oxygen atoms in total. The molecule has 4 rings (SSSR count). The molecule has 0 radical (unpaired) electrons. The Labute approximate surface area is 171 Å². The molecule has 0 bridgehead atoms. The highest BCUT2D eigenvalue weighted by atomic mass is 16.6. The second kappa shape index (κ2) is 8.16. The third kappa shape index (κ3) is 3.77. The van der Waals surface area contributed by atoms with Gasteiger partial charge in [0, 0.05) is 18.7 Å². The Balaban J connectivity index is 1.80. The fourth-order valence-electron chi connectivity index (χ4n) is 3.56. The number of para-hydroxylation sites is 1. The van der Waals surface area contributed by atoms with Crippen LogP contribution in [0.15, 0.2) is 88.5 Å². The maximum atomic E-state index is 13.2. The predicted octanol–water partition coefficient (Wildman–Crippen LogP) is 3.36. The van der Waals surface area contributed by atoms with Crippen LogP contribution in [0.3, 0.4) is 0 Å². The summed E-state index contributed by atoms with van der Waals surface area (Å²) in [5, 5.41) is 11.5. The minimum Gasteiger partial charge on any atom is -0.289 e. The van der Waals surface area contributed by atoms with E-state index in [2.05, 4.69) is 0 Å². The molecule has 0 fully saturated rings. The van der Waals surface area contributed by atoms with Crippen LogP contribution in [0, 0.1) is 10.1 Å². The van der Waals surface area contributed by atoms with Gasteiger partial charge < -0.3 is 0 Å². The van der Waals surface area contributed by atoms with Gasteiger partial charge in [0.15, 0.2) is 0 Å². The first-order valence-corrected chi connectivity index (χ1v) is 9.54. The first-order chi connectivity index (χ1) is 14.5. The molecule has 1 heterocycles. The molecular formula is C23H19N3O4. The van der Waals surface area contributed by atoms with Gasteiger partial charge >= 0.3 is 5.69 Å². The quantitative estimate of drug-likeness (QED) is 0.366. The van der Waals surface area contributed by atoms with Gasteiger partial charge in [-0.25, -0.2) is 4.79 Å². The molecule has 0 unspecified atom stereocenters. The van der Waals surface area contributed by atoms with E-state index in [1.807, 2.05) is 30.3 Å². The molecule has 0 aliphatic heterocycles. The van der Waals surface area contributed by atoms with Crippen molar-refractivity contribution in [1.82, 2.24) is 9.13 Å². The van der Waals surface area contributed by atoms with Crippen LogP contribution >= 0.6 is 0 Å². The van der Waals surface area contributed by atoms with Crippen LogP contribution in [0.4, 0.5) is 5.69 Å². The van der Waals surface area contributed by atoms with E-state index in [9.17, 15) is 19.7 Å². The Morgan fingerprint density at radius 3 is 2.27 bits per heavy atom. The number of nitro groups is 1. The molecule has 0 N–H and O–H groups in total. The molecule has 150 valence electrons. The average molecular weight is 401 g/mol. The summed E-state index contributed by atoms with van der Waals surface area (Å²) in [5.74, 6) is 0. The van der Waals surface area contributed by atoms with Crippen molar-refractivity contribution in [3.8, 4) is 0 Å². The SMILES string of the molecule is O=c1c2ccccc2n(Cc2cccc([N+](=O)[O-])c2)c(=O)n1CCc1ccccc1. The fourth-order valence-corrected chi connectivity index (χ4v) is 3.56. The lowest BCUT2D eigenvalue weighted by Gasteiger charge is -2.14. The molecule has 4 aromatic rings. The Morgan fingerprint density at radius 2 is 1.50 bits per heavy atom. The zero-order valence-corrected chi connectivity index (χ0v) is 16.1. The van der Waals surface area contributed by atoms with E-state index in [1.54, 1.807) is 36.4 Å². The van der Waals surface area contributed by atoms with Crippen LogP contribution in [0.5, 0.6) is 0 Å². The molecule has 0 saturated carbocycles. The van der Waals surface area contributed by atoms with Crippen molar-refractivity contribution in [3.63, 3.8) is 0 Å². The van der Waals surface area contributed by atoms with Crippen molar-refractivity contribution in [1.29, 1.82) is 0 Å². The van der Waals surface area contributed by atoms with Gasteiger partial charge in [-0.1, -0.05) is 54.6 Å². The van der Waals surface area contributed by atoms with E-state index >= 15 is 0 Å². The number of fused-ring (bicyclic) bond motifs is 1. The van der Waals surface area contributed by atoms with E-state index in [1.165, 1.54) is 21.3 Å². The van der Waals surface area contributed by atoms with Crippen LogP contribution in [-0.2, 0) is 19.5 Å². The number of aryl methyl sites for hydroxylation is 1. The molecule has 30 heavy (non-hydrogen) atoms. The summed E-state index contributed by atoms with van der Waals surface area (Å²) >= 11 is 0. The van der Waals surface area contributed by atoms with Crippen molar-refractivity contribution in [3.05, 3.63) is 121 Å². The second-order valence-corrected chi connectivity index (χ2v) is 7.01. The lowest BCUT2D eigenvalue weighted by atomic mass is 10.1. The first kappa shape index (κ1) is 19.3. The minimum absolute atomic E-state index is 0.0396. The number of hydrogen-bond acceptors (Lipinski definition) is 4. The van der Waals surface area contributed by atoms with E-state index in [0.717, 1.165) is 5.56 Å². The first-order valence-electron chi connectivity index (χ1n) is 9.54. The lowest BCUT2D eigenvalue weighted by molar-refractivity contribution is -0.384. The maximum Gasteiger partial charge on any atom is 0.331 e. The van der Waals surface area contributed by atoms with Crippen LogP contribution in [0.2, 0.25) is 0 Å². The zero-order valence-electron chi connectivity index (χ0n) is 16.1. The summed E-state index contributed by atoms with van der Waals surface area (Å²) in [7, 11) is 0. The summed E-state index contributed by atoms with van der Waals surface area (Å²) in [6.45, 7) is 0.383. The van der Waals surface area contributed by atoms with E-state index < -0.39 is 10.6 Å². The van der Waals surface area contributed by atoms with Crippen molar-refractivity contribution in [2.24, 2.45) is 0 Å². The number of hydrogen-bond donors (Lipinski definition) is 0. The zero-order chi connectivity index (χ0) is 21.1. The van der Waals surface area contributed by atoms with Gasteiger partial charge in [0.05, 0.1) is 22.4 Å². The Kier molecular flexibility index (Phi) is 5.26. The van der Waals surface area contributed by atoms with Crippen molar-refractivity contribution >= 4 is 16.6 Å². The largest absolute Gasteiger partial charge is 0.331 e. The minimum atomic E-state index is -0.467. The number of nitro benzene ring substituents is 1. The normalized spacial score (nSPS) is 10.9. The number of aromatic nitrogens is 2. The highest BCUT2D eigenvalue weighted by Gasteiger charge is 2.14. The third-order valence-electron chi connectivity index (χ3n) is 5.06. The highest BCUT2D eigenvalue weighted by Crippen LogP contribution is 2.16. The molecule has 0 aliphatic carbocycles. The van der Waals surface area contributed by atoms with Gasteiger partial charge in [-0.3, -0.25) is 24.0 Å².